The van der Waals surface area contributed by atoms with Gasteiger partial charge >= 0.3 is 0 Å². The van der Waals surface area contributed by atoms with E-state index in [1.807, 2.05) is 23.2 Å². The summed E-state index contributed by atoms with van der Waals surface area (Å²) in [5.41, 5.74) is 11.1. The maximum absolute atomic E-state index is 14.5. The first kappa shape index (κ1) is 28.7. The molecule has 1 aromatic heterocycles. The van der Waals surface area contributed by atoms with Crippen molar-refractivity contribution >= 4 is 22.5 Å². The van der Waals surface area contributed by atoms with E-state index >= 15 is 0 Å². The van der Waals surface area contributed by atoms with Crippen LogP contribution in [0.5, 0.6) is 0 Å². The van der Waals surface area contributed by atoms with E-state index in [0.717, 1.165) is 72.0 Å². The Kier molecular flexibility index (Phi) is 6.84. The van der Waals surface area contributed by atoms with Crippen LogP contribution in [0.3, 0.4) is 0 Å². The second-order valence-electron chi connectivity index (χ2n) is 12.7. The van der Waals surface area contributed by atoms with Gasteiger partial charge in [-0.3, -0.25) is 9.69 Å². The molecule has 8 rings (SSSR count). The zero-order chi connectivity index (χ0) is 32.1. The molecule has 0 bridgehead atoms. The molecule has 226 valence electrons. The molecule has 47 heavy (non-hydrogen) atoms. The Balaban J connectivity index is 1.62. The number of aromatic nitrogens is 1. The monoisotopic (exact) mass is 606 g/mol. The smallest absolute Gasteiger partial charge is 0.260 e. The fourth-order valence-corrected chi connectivity index (χ4v) is 7.68. The highest BCUT2D eigenvalue weighted by molar-refractivity contribution is 6.24. The van der Waals surface area contributed by atoms with Gasteiger partial charge in [0.15, 0.2) is 0 Å². The molecule has 0 aliphatic carbocycles. The van der Waals surface area contributed by atoms with E-state index in [1.165, 1.54) is 0 Å². The third kappa shape index (κ3) is 4.50. The zero-order valence-electron chi connectivity index (χ0n) is 26.7. The lowest BCUT2D eigenvalue weighted by molar-refractivity contribution is 0.0981. The van der Waals surface area contributed by atoms with Gasteiger partial charge in [-0.2, -0.15) is 0 Å². The predicted molar refractivity (Wildman–Crippen MR) is 195 cm³/mol. The summed E-state index contributed by atoms with van der Waals surface area (Å²) >= 11 is 0. The van der Waals surface area contributed by atoms with Crippen molar-refractivity contribution in [3.05, 3.63) is 168 Å². The molecule has 0 spiro atoms. The van der Waals surface area contributed by atoms with Crippen LogP contribution in [0.15, 0.2) is 152 Å². The number of amides is 1. The van der Waals surface area contributed by atoms with Gasteiger partial charge in [-0.25, -0.2) is 4.98 Å². The molecule has 0 atom stereocenters. The van der Waals surface area contributed by atoms with Gasteiger partial charge in [0.1, 0.15) is 5.82 Å². The molecule has 3 nitrogen and oxygen atoms in total. The Bertz CT molecular complexity index is 2280. The lowest BCUT2D eigenvalue weighted by atomic mass is 9.79. The van der Waals surface area contributed by atoms with Crippen LogP contribution in [0.2, 0.25) is 0 Å². The molecule has 1 aliphatic heterocycles. The molecule has 6 aromatic carbocycles. The summed E-state index contributed by atoms with van der Waals surface area (Å²) < 4.78 is 0. The number of benzene rings is 6. The number of aryl methyl sites for hydroxylation is 1. The van der Waals surface area contributed by atoms with E-state index in [-0.39, 0.29) is 5.91 Å². The lowest BCUT2D eigenvalue weighted by Gasteiger charge is -2.34. The number of hydrogen-bond acceptors (Lipinski definition) is 2. The Labute approximate surface area is 275 Å². The third-order valence-corrected chi connectivity index (χ3v) is 9.54. The second-order valence-corrected chi connectivity index (χ2v) is 12.7. The number of fused-ring (bicyclic) bond motifs is 2. The van der Waals surface area contributed by atoms with Crippen LogP contribution in [-0.4, -0.2) is 10.9 Å². The van der Waals surface area contributed by atoms with Gasteiger partial charge in [-0.15, -0.1) is 0 Å². The van der Waals surface area contributed by atoms with Crippen molar-refractivity contribution in [1.82, 2.24) is 4.98 Å². The third-order valence-electron chi connectivity index (χ3n) is 9.54. The molecule has 0 saturated carbocycles. The highest BCUT2D eigenvalue weighted by Gasteiger charge is 2.46. The van der Waals surface area contributed by atoms with Gasteiger partial charge in [-0.05, 0) is 88.4 Å². The molecule has 0 fully saturated rings. The summed E-state index contributed by atoms with van der Waals surface area (Å²) in [6, 6.07) is 50.6. The maximum atomic E-state index is 14.5. The highest BCUT2D eigenvalue weighted by Crippen LogP contribution is 2.54. The van der Waals surface area contributed by atoms with E-state index < -0.39 is 5.54 Å². The first-order valence-electron chi connectivity index (χ1n) is 16.1. The molecular formula is C44H34N2O. The average molecular weight is 607 g/mol. The molecule has 1 aliphatic rings. The summed E-state index contributed by atoms with van der Waals surface area (Å²) in [4.78, 5) is 21.6. The number of nitrogens with zero attached hydrogens (tertiary/aromatic N) is 2. The molecule has 0 N–H and O–H groups in total. The molecule has 0 unspecified atom stereocenters. The second kappa shape index (κ2) is 11.2. The minimum Gasteiger partial charge on any atom is -0.282 e. The largest absolute Gasteiger partial charge is 0.282 e. The summed E-state index contributed by atoms with van der Waals surface area (Å²) in [6.07, 6.45) is 1.87. The Morgan fingerprint density at radius 2 is 1.00 bits per heavy atom. The van der Waals surface area contributed by atoms with Gasteiger partial charge in [0.25, 0.3) is 5.91 Å². The summed E-state index contributed by atoms with van der Waals surface area (Å²) in [6.45, 7) is 6.37. The topological polar surface area (TPSA) is 33.2 Å². The number of rotatable bonds is 5. The standard InChI is InChI=1S/C44H34N2O/c1-29-17-16-26-35-41(29)44(2,3)46(43(35)47)42-40-34(27-28-45-42)36(30-18-8-4-9-19-30)37(31-20-10-5-11-21-31)38(32-22-12-6-13-23-32)39(40)33-24-14-7-15-25-33/h4-28H,1-3H3. The summed E-state index contributed by atoms with van der Waals surface area (Å²) in [7, 11) is 0. The van der Waals surface area contributed by atoms with Crippen LogP contribution in [0.4, 0.5) is 5.82 Å². The first-order chi connectivity index (χ1) is 23.0. The first-order valence-corrected chi connectivity index (χ1v) is 16.1. The quantitative estimate of drug-likeness (QED) is 0.195. The van der Waals surface area contributed by atoms with Gasteiger partial charge in [0.2, 0.25) is 0 Å². The number of anilines is 1. The van der Waals surface area contributed by atoms with Crippen LogP contribution >= 0.6 is 0 Å². The number of carbonyl (C=O) groups excluding carboxylic acids is 1. The van der Waals surface area contributed by atoms with Crippen LogP contribution in [-0.2, 0) is 5.54 Å². The van der Waals surface area contributed by atoms with Gasteiger partial charge in [0, 0.05) is 22.7 Å². The van der Waals surface area contributed by atoms with E-state index in [1.54, 1.807) is 0 Å². The average Bonchev–Trinajstić information content (AvgIpc) is 3.33. The Hall–Kier alpha value is -5.80. The molecule has 7 aromatic rings. The number of carbonyl (C=O) groups is 1. The fraction of sp³-hybridized carbons (Fsp3) is 0.0909. The van der Waals surface area contributed by atoms with Crippen LogP contribution in [0.1, 0.15) is 35.3 Å². The van der Waals surface area contributed by atoms with Gasteiger partial charge in [0.05, 0.1) is 5.54 Å². The van der Waals surface area contributed by atoms with Crippen molar-refractivity contribution in [2.75, 3.05) is 4.90 Å². The minimum absolute atomic E-state index is 0.0256. The van der Waals surface area contributed by atoms with Gasteiger partial charge in [-0.1, -0.05) is 133 Å². The fourth-order valence-electron chi connectivity index (χ4n) is 7.68. The molecular weight excluding hydrogens is 572 g/mol. The van der Waals surface area contributed by atoms with E-state index in [4.69, 9.17) is 4.98 Å². The number of hydrogen-bond donors (Lipinski definition) is 0. The van der Waals surface area contributed by atoms with Crippen molar-refractivity contribution in [3.8, 4) is 44.5 Å². The molecule has 1 amide bonds. The van der Waals surface area contributed by atoms with Gasteiger partial charge < -0.3 is 0 Å². The van der Waals surface area contributed by atoms with Crippen molar-refractivity contribution < 1.29 is 4.79 Å². The van der Waals surface area contributed by atoms with E-state index in [2.05, 4.69) is 154 Å². The Morgan fingerprint density at radius 3 is 1.51 bits per heavy atom. The molecule has 2 heterocycles. The summed E-state index contributed by atoms with van der Waals surface area (Å²) in [5.74, 6) is 0.642. The predicted octanol–water partition coefficient (Wildman–Crippen LogP) is 11.1. The normalized spacial score (nSPS) is 13.6. The van der Waals surface area contributed by atoms with E-state index in [9.17, 15) is 4.79 Å². The minimum atomic E-state index is -0.620. The van der Waals surface area contributed by atoms with Crippen molar-refractivity contribution in [3.63, 3.8) is 0 Å². The van der Waals surface area contributed by atoms with Crippen molar-refractivity contribution in [1.29, 1.82) is 0 Å². The Morgan fingerprint density at radius 1 is 0.532 bits per heavy atom. The molecule has 0 radical (unpaired) electrons. The van der Waals surface area contributed by atoms with E-state index in [0.29, 0.717) is 5.82 Å². The van der Waals surface area contributed by atoms with Crippen LogP contribution < -0.4 is 4.90 Å². The molecule has 3 heteroatoms. The van der Waals surface area contributed by atoms with Crippen LogP contribution in [0, 0.1) is 6.92 Å². The van der Waals surface area contributed by atoms with Crippen molar-refractivity contribution in [2.45, 2.75) is 26.3 Å². The van der Waals surface area contributed by atoms with Crippen molar-refractivity contribution in [2.24, 2.45) is 0 Å². The lowest BCUT2D eigenvalue weighted by Crippen LogP contribution is -2.40. The highest BCUT2D eigenvalue weighted by atomic mass is 16.2. The zero-order valence-corrected chi connectivity index (χ0v) is 26.7. The van der Waals surface area contributed by atoms with Crippen LogP contribution in [0.25, 0.3) is 55.3 Å². The SMILES string of the molecule is Cc1cccc2c1C(C)(C)N(c1nccc3c(-c4ccccc4)c(-c4ccccc4)c(-c4ccccc4)c(-c4ccccc4)c13)C2=O. The summed E-state index contributed by atoms with van der Waals surface area (Å²) in [5, 5.41) is 2.01. The number of pyridine rings is 1. The molecule has 0 saturated heterocycles. The maximum Gasteiger partial charge on any atom is 0.260 e.